The van der Waals surface area contributed by atoms with Crippen LogP contribution < -0.4 is 10.1 Å². The van der Waals surface area contributed by atoms with Crippen LogP contribution in [0, 0.1) is 0 Å². The highest BCUT2D eigenvalue weighted by atomic mass is 35.5. The number of amides is 1. The van der Waals surface area contributed by atoms with Crippen molar-refractivity contribution in [2.24, 2.45) is 0 Å². The number of likely N-dealkylation sites (N-methyl/N-ethyl adjacent to an activating group) is 2. The van der Waals surface area contributed by atoms with Gasteiger partial charge in [-0.15, -0.1) is 0 Å². The Kier molecular flexibility index (Phi) is 6.62. The van der Waals surface area contributed by atoms with Gasteiger partial charge in [0.15, 0.2) is 16.7 Å². The highest BCUT2D eigenvalue weighted by Gasteiger charge is 2.28. The van der Waals surface area contributed by atoms with E-state index in [1.165, 1.54) is 13.5 Å². The molecule has 1 aromatic rings. The predicted molar refractivity (Wildman–Crippen MR) is 95.0 cm³/mol. The van der Waals surface area contributed by atoms with Crippen molar-refractivity contribution in [3.8, 4) is 5.88 Å². The maximum Gasteiger partial charge on any atom is 0.277 e. The van der Waals surface area contributed by atoms with E-state index in [0.29, 0.717) is 24.9 Å². The number of hydrogen-bond donors (Lipinski definition) is 1. The van der Waals surface area contributed by atoms with E-state index in [9.17, 15) is 4.79 Å². The molecule has 1 N–H and O–H groups in total. The molecule has 1 unspecified atom stereocenters. The number of hydrogen-bond acceptors (Lipinski definition) is 6. The first kappa shape index (κ1) is 18.7. The standard InChI is InChI=1S/C16H26ClN5O2/c1-5-18-14-13(17)19-12(15(20-14)24-4)16(23)21(3)10-11-8-7-9-22(11)6-2/h11H,5-10H2,1-4H3,(H,18,20). The van der Waals surface area contributed by atoms with Crippen LogP contribution in [0.1, 0.15) is 37.2 Å². The monoisotopic (exact) mass is 355 g/mol. The predicted octanol–water partition coefficient (Wildman–Crippen LogP) is 2.13. The summed E-state index contributed by atoms with van der Waals surface area (Å²) in [4.78, 5) is 25.3. The van der Waals surface area contributed by atoms with Crippen LogP contribution >= 0.6 is 11.6 Å². The van der Waals surface area contributed by atoms with Crippen molar-refractivity contribution in [1.29, 1.82) is 0 Å². The molecule has 1 aromatic heterocycles. The topological polar surface area (TPSA) is 70.6 Å². The zero-order chi connectivity index (χ0) is 17.7. The van der Waals surface area contributed by atoms with Gasteiger partial charge in [0.05, 0.1) is 7.11 Å². The number of aromatic nitrogens is 2. The second-order valence-electron chi connectivity index (χ2n) is 5.86. The van der Waals surface area contributed by atoms with E-state index in [1.54, 1.807) is 11.9 Å². The molecular formula is C16H26ClN5O2. The summed E-state index contributed by atoms with van der Waals surface area (Å²) >= 11 is 6.13. The van der Waals surface area contributed by atoms with Crippen molar-refractivity contribution in [3.63, 3.8) is 0 Å². The van der Waals surface area contributed by atoms with Gasteiger partial charge in [0.25, 0.3) is 5.91 Å². The third kappa shape index (κ3) is 4.08. The summed E-state index contributed by atoms with van der Waals surface area (Å²) < 4.78 is 5.24. The lowest BCUT2D eigenvalue weighted by molar-refractivity contribution is 0.0744. The summed E-state index contributed by atoms with van der Waals surface area (Å²) in [6, 6.07) is 0.388. The van der Waals surface area contributed by atoms with Crippen molar-refractivity contribution in [2.45, 2.75) is 32.7 Å². The highest BCUT2D eigenvalue weighted by Crippen LogP contribution is 2.25. The lowest BCUT2D eigenvalue weighted by Gasteiger charge is -2.27. The Morgan fingerprint density at radius 3 is 2.83 bits per heavy atom. The minimum absolute atomic E-state index is 0.146. The van der Waals surface area contributed by atoms with Crippen molar-refractivity contribution >= 4 is 23.3 Å². The van der Waals surface area contributed by atoms with Gasteiger partial charge in [-0.3, -0.25) is 9.69 Å². The van der Waals surface area contributed by atoms with Crippen LogP contribution in [0.25, 0.3) is 0 Å². The maximum absolute atomic E-state index is 12.8. The zero-order valence-corrected chi connectivity index (χ0v) is 15.6. The second kappa shape index (κ2) is 8.48. The number of halogens is 1. The molecule has 1 aliphatic heterocycles. The molecule has 134 valence electrons. The Hall–Kier alpha value is -1.60. The average Bonchev–Trinajstić information content (AvgIpc) is 3.02. The fourth-order valence-corrected chi connectivity index (χ4v) is 3.25. The zero-order valence-electron chi connectivity index (χ0n) is 14.8. The van der Waals surface area contributed by atoms with Crippen LogP contribution in [0.3, 0.4) is 0 Å². The summed E-state index contributed by atoms with van der Waals surface area (Å²) in [5.74, 6) is 0.376. The average molecular weight is 356 g/mol. The number of nitrogens with zero attached hydrogens (tertiary/aromatic N) is 4. The quantitative estimate of drug-likeness (QED) is 0.808. The molecule has 1 atom stereocenters. The van der Waals surface area contributed by atoms with Crippen LogP contribution in [0.15, 0.2) is 0 Å². The van der Waals surface area contributed by atoms with Gasteiger partial charge in [0.2, 0.25) is 5.88 Å². The number of anilines is 1. The van der Waals surface area contributed by atoms with Crippen LogP contribution in [0.4, 0.5) is 5.82 Å². The largest absolute Gasteiger partial charge is 0.479 e. The normalized spacial score (nSPS) is 17.8. The summed E-state index contributed by atoms with van der Waals surface area (Å²) in [6.45, 7) is 7.48. The summed E-state index contributed by atoms with van der Waals surface area (Å²) in [5, 5.41) is 3.17. The van der Waals surface area contributed by atoms with Gasteiger partial charge in [0.1, 0.15) is 0 Å². The summed E-state index contributed by atoms with van der Waals surface area (Å²) in [5.41, 5.74) is 0.146. The first-order valence-electron chi connectivity index (χ1n) is 8.36. The Morgan fingerprint density at radius 2 is 2.21 bits per heavy atom. The molecule has 1 aliphatic rings. The number of nitrogens with one attached hydrogen (secondary N) is 1. The molecule has 0 aromatic carbocycles. The molecule has 0 bridgehead atoms. The van der Waals surface area contributed by atoms with Gasteiger partial charge < -0.3 is 15.0 Å². The third-order valence-electron chi connectivity index (χ3n) is 4.30. The maximum atomic E-state index is 12.8. The van der Waals surface area contributed by atoms with Gasteiger partial charge in [-0.05, 0) is 32.9 Å². The molecule has 2 heterocycles. The van der Waals surface area contributed by atoms with E-state index in [4.69, 9.17) is 16.3 Å². The molecule has 1 fully saturated rings. The van der Waals surface area contributed by atoms with E-state index < -0.39 is 0 Å². The molecule has 0 saturated carbocycles. The first-order valence-corrected chi connectivity index (χ1v) is 8.74. The molecule has 7 nitrogen and oxygen atoms in total. The van der Waals surface area contributed by atoms with Gasteiger partial charge in [-0.25, -0.2) is 4.98 Å². The SMILES string of the molecule is CCNc1nc(OC)c(C(=O)N(C)CC2CCCN2CC)nc1Cl. The fourth-order valence-electron chi connectivity index (χ4n) is 3.06. The van der Waals surface area contributed by atoms with Crippen LogP contribution in [-0.4, -0.2) is 72.1 Å². The summed E-state index contributed by atoms with van der Waals surface area (Å²) in [6.07, 6.45) is 2.28. The molecule has 0 spiro atoms. The minimum atomic E-state index is -0.229. The van der Waals surface area contributed by atoms with Crippen LogP contribution in [0.5, 0.6) is 5.88 Å². The molecule has 24 heavy (non-hydrogen) atoms. The van der Waals surface area contributed by atoms with Crippen molar-refractivity contribution in [3.05, 3.63) is 10.8 Å². The molecule has 2 rings (SSSR count). The summed E-state index contributed by atoms with van der Waals surface area (Å²) in [7, 11) is 3.25. The van der Waals surface area contributed by atoms with Crippen molar-refractivity contribution in [1.82, 2.24) is 19.8 Å². The Bertz CT molecular complexity index is 584. The number of carbonyl (C=O) groups is 1. The first-order chi connectivity index (χ1) is 11.5. The number of carbonyl (C=O) groups excluding carboxylic acids is 1. The minimum Gasteiger partial charge on any atom is -0.479 e. The molecular weight excluding hydrogens is 330 g/mol. The Balaban J connectivity index is 2.17. The van der Waals surface area contributed by atoms with E-state index in [2.05, 4.69) is 27.1 Å². The third-order valence-corrected chi connectivity index (χ3v) is 4.56. The number of likely N-dealkylation sites (tertiary alicyclic amines) is 1. The number of ether oxygens (including phenoxy) is 1. The molecule has 1 saturated heterocycles. The van der Waals surface area contributed by atoms with E-state index in [1.807, 2.05) is 6.92 Å². The smallest absolute Gasteiger partial charge is 0.277 e. The Morgan fingerprint density at radius 1 is 1.46 bits per heavy atom. The van der Waals surface area contributed by atoms with E-state index in [-0.39, 0.29) is 22.6 Å². The second-order valence-corrected chi connectivity index (χ2v) is 6.22. The lowest BCUT2D eigenvalue weighted by Crippen LogP contribution is -2.41. The molecule has 0 aliphatic carbocycles. The van der Waals surface area contributed by atoms with Crippen LogP contribution in [-0.2, 0) is 0 Å². The Labute approximate surface area is 148 Å². The number of methoxy groups -OCH3 is 1. The van der Waals surface area contributed by atoms with Crippen molar-refractivity contribution < 1.29 is 9.53 Å². The van der Waals surface area contributed by atoms with Gasteiger partial charge in [-0.2, -0.15) is 4.98 Å². The molecule has 1 amide bonds. The fraction of sp³-hybridized carbons (Fsp3) is 0.688. The molecule has 0 radical (unpaired) electrons. The highest BCUT2D eigenvalue weighted by molar-refractivity contribution is 6.31. The van der Waals surface area contributed by atoms with E-state index >= 15 is 0 Å². The van der Waals surface area contributed by atoms with Gasteiger partial charge in [0, 0.05) is 26.2 Å². The number of rotatable bonds is 7. The van der Waals surface area contributed by atoms with Crippen LogP contribution in [0.2, 0.25) is 5.15 Å². The van der Waals surface area contributed by atoms with E-state index in [0.717, 1.165) is 19.5 Å². The van der Waals surface area contributed by atoms with Gasteiger partial charge in [-0.1, -0.05) is 18.5 Å². The molecule has 8 heteroatoms. The van der Waals surface area contributed by atoms with Gasteiger partial charge >= 0.3 is 0 Å². The lowest BCUT2D eigenvalue weighted by atomic mass is 10.2. The van der Waals surface area contributed by atoms with Crippen molar-refractivity contribution in [2.75, 3.05) is 45.7 Å².